The lowest BCUT2D eigenvalue weighted by molar-refractivity contribution is 0.0707. The van der Waals surface area contributed by atoms with E-state index in [1.54, 1.807) is 13.0 Å². The van der Waals surface area contributed by atoms with E-state index in [2.05, 4.69) is 4.98 Å². The topological polar surface area (TPSA) is 62.2 Å². The molecule has 0 saturated heterocycles. The number of halogens is 2. The Morgan fingerprint density at radius 2 is 2.18 bits per heavy atom. The van der Waals surface area contributed by atoms with Crippen LogP contribution in [-0.4, -0.2) is 16.1 Å². The third kappa shape index (κ3) is 2.07. The Hall–Kier alpha value is -1.72. The molecule has 1 aromatic carbocycles. The van der Waals surface area contributed by atoms with Gasteiger partial charge < -0.3 is 0 Å². The largest absolute Gasteiger partial charge is 0.288 e. The van der Waals surface area contributed by atoms with Gasteiger partial charge in [0.1, 0.15) is 5.82 Å². The number of nitrogens with one attached hydrogen (secondary N) is 1. The number of carbonyl (C=O) groups is 1. The van der Waals surface area contributed by atoms with Crippen LogP contribution in [0.3, 0.4) is 0 Å². The van der Waals surface area contributed by atoms with E-state index < -0.39 is 11.7 Å². The van der Waals surface area contributed by atoms with Gasteiger partial charge in [-0.25, -0.2) is 9.87 Å². The number of amides is 1. The van der Waals surface area contributed by atoms with Crippen molar-refractivity contribution < 1.29 is 14.4 Å². The quantitative estimate of drug-likeness (QED) is 0.607. The minimum atomic E-state index is -0.830. The third-order valence-electron chi connectivity index (χ3n) is 2.30. The van der Waals surface area contributed by atoms with E-state index in [1.807, 2.05) is 0 Å². The third-order valence-corrected chi connectivity index (χ3v) is 2.61. The van der Waals surface area contributed by atoms with Gasteiger partial charge in [0.2, 0.25) is 0 Å². The number of pyridine rings is 1. The first-order valence-corrected chi connectivity index (χ1v) is 5.11. The fraction of sp³-hybridized carbons (Fsp3) is 0.0909. The van der Waals surface area contributed by atoms with Crippen LogP contribution in [-0.2, 0) is 0 Å². The minimum absolute atomic E-state index is 0.0619. The van der Waals surface area contributed by atoms with Crippen LogP contribution >= 0.6 is 11.6 Å². The SMILES string of the molecule is Cc1cc(Cl)c2cc(F)cc(C(=O)NO)c2n1. The summed E-state index contributed by atoms with van der Waals surface area (Å²) in [4.78, 5) is 15.5. The van der Waals surface area contributed by atoms with Crippen molar-refractivity contribution in [2.24, 2.45) is 0 Å². The van der Waals surface area contributed by atoms with E-state index >= 15 is 0 Å². The monoisotopic (exact) mass is 254 g/mol. The minimum Gasteiger partial charge on any atom is -0.288 e. The summed E-state index contributed by atoms with van der Waals surface area (Å²) in [5.41, 5.74) is 2.24. The highest BCUT2D eigenvalue weighted by Crippen LogP contribution is 2.26. The summed E-state index contributed by atoms with van der Waals surface area (Å²) >= 11 is 5.95. The lowest BCUT2D eigenvalue weighted by atomic mass is 10.1. The fourth-order valence-electron chi connectivity index (χ4n) is 1.60. The van der Waals surface area contributed by atoms with Crippen molar-refractivity contribution in [3.63, 3.8) is 0 Å². The van der Waals surface area contributed by atoms with Gasteiger partial charge in [0.25, 0.3) is 5.91 Å². The molecule has 2 rings (SSSR count). The molecule has 0 aliphatic carbocycles. The number of nitrogens with zero attached hydrogens (tertiary/aromatic N) is 1. The molecule has 88 valence electrons. The summed E-state index contributed by atoms with van der Waals surface area (Å²) in [6.07, 6.45) is 0. The van der Waals surface area contributed by atoms with E-state index in [-0.39, 0.29) is 11.1 Å². The maximum absolute atomic E-state index is 13.3. The summed E-state index contributed by atoms with van der Waals surface area (Å²) in [7, 11) is 0. The molecule has 0 radical (unpaired) electrons. The predicted molar refractivity (Wildman–Crippen MR) is 60.7 cm³/mol. The number of carbonyl (C=O) groups excluding carboxylic acids is 1. The first-order chi connectivity index (χ1) is 8.02. The van der Waals surface area contributed by atoms with Crippen LogP contribution in [0.5, 0.6) is 0 Å². The van der Waals surface area contributed by atoms with Gasteiger partial charge >= 0.3 is 0 Å². The molecule has 1 aromatic heterocycles. The Bertz CT molecular complexity index is 616. The zero-order chi connectivity index (χ0) is 12.6. The average Bonchev–Trinajstić information content (AvgIpc) is 2.28. The normalized spacial score (nSPS) is 10.6. The molecule has 17 heavy (non-hydrogen) atoms. The Balaban J connectivity index is 2.87. The van der Waals surface area contributed by atoms with Crippen molar-refractivity contribution in [2.45, 2.75) is 6.92 Å². The summed E-state index contributed by atoms with van der Waals surface area (Å²) in [6.45, 7) is 1.70. The zero-order valence-corrected chi connectivity index (χ0v) is 9.55. The molecule has 2 N–H and O–H groups in total. The van der Waals surface area contributed by atoms with Gasteiger partial charge in [0.15, 0.2) is 0 Å². The highest BCUT2D eigenvalue weighted by atomic mass is 35.5. The molecule has 0 saturated carbocycles. The Morgan fingerprint density at radius 1 is 1.47 bits per heavy atom. The lowest BCUT2D eigenvalue weighted by Crippen LogP contribution is -2.19. The zero-order valence-electron chi connectivity index (χ0n) is 8.79. The van der Waals surface area contributed by atoms with Crippen molar-refractivity contribution >= 4 is 28.4 Å². The van der Waals surface area contributed by atoms with Gasteiger partial charge in [0.05, 0.1) is 16.1 Å². The fourth-order valence-corrected chi connectivity index (χ4v) is 1.91. The van der Waals surface area contributed by atoms with Crippen molar-refractivity contribution in [2.75, 3.05) is 0 Å². The Morgan fingerprint density at radius 3 is 2.82 bits per heavy atom. The first-order valence-electron chi connectivity index (χ1n) is 4.73. The van der Waals surface area contributed by atoms with Gasteiger partial charge in [-0.2, -0.15) is 0 Å². The van der Waals surface area contributed by atoms with Crippen LogP contribution in [0.15, 0.2) is 18.2 Å². The molecule has 2 aromatic rings. The summed E-state index contributed by atoms with van der Waals surface area (Å²) < 4.78 is 13.3. The van der Waals surface area contributed by atoms with Crippen LogP contribution in [0.2, 0.25) is 5.02 Å². The highest BCUT2D eigenvalue weighted by molar-refractivity contribution is 6.35. The van der Waals surface area contributed by atoms with E-state index in [0.29, 0.717) is 16.1 Å². The smallest absolute Gasteiger partial charge is 0.276 e. The van der Waals surface area contributed by atoms with Crippen LogP contribution in [0.25, 0.3) is 10.9 Å². The van der Waals surface area contributed by atoms with Crippen molar-refractivity contribution in [1.82, 2.24) is 10.5 Å². The maximum Gasteiger partial charge on any atom is 0.276 e. The predicted octanol–water partition coefficient (Wildman–Crippen LogP) is 2.45. The number of fused-ring (bicyclic) bond motifs is 1. The lowest BCUT2D eigenvalue weighted by Gasteiger charge is -2.07. The number of aryl methyl sites for hydroxylation is 1. The van der Waals surface area contributed by atoms with Crippen molar-refractivity contribution in [1.29, 1.82) is 0 Å². The molecule has 1 amide bonds. The van der Waals surface area contributed by atoms with E-state index in [0.717, 1.165) is 6.07 Å². The second-order valence-electron chi connectivity index (χ2n) is 3.54. The second kappa shape index (κ2) is 4.27. The molecular formula is C11H8ClFN2O2. The number of aromatic nitrogens is 1. The Labute approximate surface area is 101 Å². The average molecular weight is 255 g/mol. The molecule has 0 fully saturated rings. The molecule has 0 unspecified atom stereocenters. The van der Waals surface area contributed by atoms with Crippen molar-refractivity contribution in [3.05, 3.63) is 40.3 Å². The first kappa shape index (κ1) is 11.8. The highest BCUT2D eigenvalue weighted by Gasteiger charge is 2.15. The molecule has 1 heterocycles. The molecule has 0 atom stereocenters. The summed E-state index contributed by atoms with van der Waals surface area (Å²) in [5, 5.41) is 9.23. The van der Waals surface area contributed by atoms with Gasteiger partial charge in [-0.3, -0.25) is 15.0 Å². The molecule has 4 nitrogen and oxygen atoms in total. The van der Waals surface area contributed by atoms with Crippen LogP contribution in [0.4, 0.5) is 4.39 Å². The Kier molecular flexibility index (Phi) is 2.95. The number of hydrogen-bond donors (Lipinski definition) is 2. The van der Waals surface area contributed by atoms with Crippen LogP contribution in [0.1, 0.15) is 16.1 Å². The number of benzene rings is 1. The van der Waals surface area contributed by atoms with Crippen LogP contribution < -0.4 is 5.48 Å². The molecule has 0 aliphatic heterocycles. The number of hydroxylamine groups is 1. The van der Waals surface area contributed by atoms with Gasteiger partial charge in [-0.15, -0.1) is 0 Å². The van der Waals surface area contributed by atoms with Gasteiger partial charge in [-0.05, 0) is 25.1 Å². The molecular weight excluding hydrogens is 247 g/mol. The summed E-state index contributed by atoms with van der Waals surface area (Å²) in [5.74, 6) is -1.45. The molecule has 0 bridgehead atoms. The van der Waals surface area contributed by atoms with E-state index in [9.17, 15) is 9.18 Å². The van der Waals surface area contributed by atoms with Gasteiger partial charge in [0, 0.05) is 11.1 Å². The molecule has 0 spiro atoms. The summed E-state index contributed by atoms with van der Waals surface area (Å²) in [6, 6.07) is 3.76. The van der Waals surface area contributed by atoms with E-state index in [4.69, 9.17) is 16.8 Å². The number of hydrogen-bond acceptors (Lipinski definition) is 3. The van der Waals surface area contributed by atoms with Crippen molar-refractivity contribution in [3.8, 4) is 0 Å². The van der Waals surface area contributed by atoms with E-state index in [1.165, 1.54) is 11.5 Å². The molecule has 0 aliphatic rings. The van der Waals surface area contributed by atoms with Crippen LogP contribution in [0, 0.1) is 12.7 Å². The maximum atomic E-state index is 13.3. The molecule has 6 heteroatoms. The number of rotatable bonds is 1. The van der Waals surface area contributed by atoms with Gasteiger partial charge in [-0.1, -0.05) is 11.6 Å². The second-order valence-corrected chi connectivity index (χ2v) is 3.94. The standard InChI is InChI=1S/C11H8ClFN2O2/c1-5-2-9(12)7-3-6(13)4-8(10(7)14-5)11(16)15-17/h2-4,17H,1H3,(H,15,16).